The van der Waals surface area contributed by atoms with E-state index in [1.165, 1.54) is 6.08 Å². The summed E-state index contributed by atoms with van der Waals surface area (Å²) in [6.07, 6.45) is 8.92. The third-order valence-electron chi connectivity index (χ3n) is 4.35. The Kier molecular flexibility index (Phi) is 5.86. The van der Waals surface area contributed by atoms with Crippen molar-refractivity contribution in [2.45, 2.75) is 27.7 Å². The zero-order valence-corrected chi connectivity index (χ0v) is 15.3. The molecule has 1 aliphatic heterocycles. The third-order valence-corrected chi connectivity index (χ3v) is 4.35. The zero-order chi connectivity index (χ0) is 18.6. The van der Waals surface area contributed by atoms with Crippen LogP contribution >= 0.6 is 0 Å². The number of rotatable bonds is 5. The van der Waals surface area contributed by atoms with Gasteiger partial charge < -0.3 is 14.6 Å². The topological polar surface area (TPSA) is 55.8 Å². The number of hydrogen-bond acceptors (Lipinski definition) is 3. The molecule has 4 heteroatoms. The van der Waals surface area contributed by atoms with Gasteiger partial charge in [-0.25, -0.2) is 4.79 Å². The molecule has 1 aliphatic rings. The van der Waals surface area contributed by atoms with Crippen molar-refractivity contribution in [3.05, 3.63) is 63.8 Å². The zero-order valence-electron chi connectivity index (χ0n) is 15.3. The van der Waals surface area contributed by atoms with Crippen LogP contribution in [0.1, 0.15) is 30.5 Å². The molecule has 0 unspecified atom stereocenters. The van der Waals surface area contributed by atoms with E-state index in [4.69, 9.17) is 14.6 Å². The van der Waals surface area contributed by atoms with E-state index in [1.54, 1.807) is 20.1 Å². The maximum absolute atomic E-state index is 10.6. The number of aliphatic carboxylic acids is 1. The van der Waals surface area contributed by atoms with Crippen molar-refractivity contribution in [2.24, 2.45) is 0 Å². The molecular formula is C21H24O4. The van der Waals surface area contributed by atoms with Crippen LogP contribution in [0.3, 0.4) is 0 Å². The lowest BCUT2D eigenvalue weighted by atomic mass is 9.95. The Bertz CT molecular complexity index is 808. The molecule has 1 aromatic rings. The molecule has 0 bridgehead atoms. The summed E-state index contributed by atoms with van der Waals surface area (Å²) in [6, 6.07) is 1.93. The molecule has 0 fully saturated rings. The van der Waals surface area contributed by atoms with Crippen LogP contribution in [0, 0.1) is 13.8 Å². The monoisotopic (exact) mass is 340 g/mol. The van der Waals surface area contributed by atoms with Crippen LogP contribution in [-0.4, -0.2) is 24.8 Å². The fourth-order valence-corrected chi connectivity index (χ4v) is 2.68. The van der Waals surface area contributed by atoms with E-state index < -0.39 is 5.97 Å². The molecule has 0 spiro atoms. The second-order valence-corrected chi connectivity index (χ2v) is 6.13. The highest BCUT2D eigenvalue weighted by Gasteiger charge is 2.18. The predicted octanol–water partition coefficient (Wildman–Crippen LogP) is 4.62. The van der Waals surface area contributed by atoms with Crippen molar-refractivity contribution < 1.29 is 19.4 Å². The molecule has 0 aliphatic carbocycles. The molecule has 0 saturated carbocycles. The number of carbonyl (C=O) groups is 1. The molecule has 0 atom stereocenters. The summed E-state index contributed by atoms with van der Waals surface area (Å²) in [5, 5.41) is 8.71. The van der Waals surface area contributed by atoms with Gasteiger partial charge in [0.1, 0.15) is 18.1 Å². The molecule has 2 rings (SSSR count). The second kappa shape index (κ2) is 7.88. The first-order valence-electron chi connectivity index (χ1n) is 8.11. The Balaban J connectivity index is 2.29. The fraction of sp³-hybridized carbons (Fsp3) is 0.286. The normalized spacial score (nSPS) is 14.8. The first-order valence-corrected chi connectivity index (χ1v) is 8.11. The Hall–Kier alpha value is -2.75. The van der Waals surface area contributed by atoms with Gasteiger partial charge >= 0.3 is 5.97 Å². The van der Waals surface area contributed by atoms with Gasteiger partial charge in [0.05, 0.1) is 7.11 Å². The smallest absolute Gasteiger partial charge is 0.328 e. The predicted molar refractivity (Wildman–Crippen MR) is 100 cm³/mol. The van der Waals surface area contributed by atoms with Crippen molar-refractivity contribution in [1.82, 2.24) is 0 Å². The van der Waals surface area contributed by atoms with Gasteiger partial charge in [-0.15, -0.1) is 0 Å². The highest BCUT2D eigenvalue weighted by molar-refractivity contribution is 5.81. The van der Waals surface area contributed by atoms with Gasteiger partial charge in [-0.1, -0.05) is 18.2 Å². The first-order chi connectivity index (χ1) is 11.8. The molecule has 25 heavy (non-hydrogen) atoms. The van der Waals surface area contributed by atoms with Crippen LogP contribution in [-0.2, 0) is 4.79 Å². The Morgan fingerprint density at radius 3 is 2.64 bits per heavy atom. The molecule has 0 aromatic heterocycles. The van der Waals surface area contributed by atoms with Crippen molar-refractivity contribution in [1.29, 1.82) is 0 Å². The lowest BCUT2D eigenvalue weighted by Crippen LogP contribution is -2.10. The van der Waals surface area contributed by atoms with E-state index >= 15 is 0 Å². The summed E-state index contributed by atoms with van der Waals surface area (Å²) in [4.78, 5) is 10.6. The van der Waals surface area contributed by atoms with Crippen LogP contribution in [0.5, 0.6) is 11.5 Å². The summed E-state index contributed by atoms with van der Waals surface area (Å²) in [7, 11) is 1.66. The average Bonchev–Trinajstić information content (AvgIpc) is 2.57. The van der Waals surface area contributed by atoms with Crippen molar-refractivity contribution in [3.63, 3.8) is 0 Å². The summed E-state index contributed by atoms with van der Waals surface area (Å²) in [6.45, 7) is 8.38. The number of allylic oxidation sites excluding steroid dienone is 4. The van der Waals surface area contributed by atoms with Crippen LogP contribution in [0.15, 0.2) is 47.1 Å². The molecule has 0 radical (unpaired) electrons. The Morgan fingerprint density at radius 1 is 1.28 bits per heavy atom. The third kappa shape index (κ3) is 4.41. The van der Waals surface area contributed by atoms with E-state index in [1.807, 2.05) is 32.1 Å². The molecule has 1 heterocycles. The Morgan fingerprint density at radius 2 is 2.00 bits per heavy atom. The van der Waals surface area contributed by atoms with E-state index in [-0.39, 0.29) is 0 Å². The largest absolute Gasteiger partial charge is 0.496 e. The second-order valence-electron chi connectivity index (χ2n) is 6.13. The number of benzene rings is 1. The maximum atomic E-state index is 10.6. The number of methoxy groups -OCH3 is 1. The number of fused-ring (bicyclic) bond motifs is 1. The highest BCUT2D eigenvalue weighted by atomic mass is 16.5. The van der Waals surface area contributed by atoms with Gasteiger partial charge in [0.2, 0.25) is 0 Å². The minimum absolute atomic E-state index is 0.499. The summed E-state index contributed by atoms with van der Waals surface area (Å²) < 4.78 is 11.3. The molecule has 0 amide bonds. The molecule has 0 saturated heterocycles. The van der Waals surface area contributed by atoms with Crippen molar-refractivity contribution in [2.75, 3.05) is 13.7 Å². The van der Waals surface area contributed by atoms with Crippen molar-refractivity contribution in [3.8, 4) is 11.5 Å². The Labute approximate surface area is 148 Å². The standard InChI is InChI=1S/C21H24O4/c1-13(9-21(22)23)7-6-8-14(2)17-10-18-15(3)16(4)19(24-5)11-20(18)25-12-17/h6-11H,12H2,1-5H3,(H,22,23)/b7-6+,13-9+,14-8+. The van der Waals surface area contributed by atoms with Gasteiger partial charge in [-0.2, -0.15) is 0 Å². The van der Waals surface area contributed by atoms with Crippen LogP contribution in [0.25, 0.3) is 6.08 Å². The number of ether oxygens (including phenoxy) is 2. The summed E-state index contributed by atoms with van der Waals surface area (Å²) >= 11 is 0. The van der Waals surface area contributed by atoms with E-state index in [2.05, 4.69) is 13.0 Å². The van der Waals surface area contributed by atoms with Crippen molar-refractivity contribution >= 4 is 12.0 Å². The number of carboxylic acids is 1. The van der Waals surface area contributed by atoms with E-state index in [0.29, 0.717) is 12.2 Å². The fourth-order valence-electron chi connectivity index (χ4n) is 2.68. The molecular weight excluding hydrogens is 316 g/mol. The molecule has 4 nitrogen and oxygen atoms in total. The summed E-state index contributed by atoms with van der Waals surface area (Å²) in [5.41, 5.74) is 6.21. The lowest BCUT2D eigenvalue weighted by Gasteiger charge is -2.22. The minimum Gasteiger partial charge on any atom is -0.496 e. The quantitative estimate of drug-likeness (QED) is 0.627. The van der Waals surface area contributed by atoms with Gasteiger partial charge in [-0.05, 0) is 61.6 Å². The van der Waals surface area contributed by atoms with Gasteiger partial charge in [0.25, 0.3) is 0 Å². The number of hydrogen-bond donors (Lipinski definition) is 1. The van der Waals surface area contributed by atoms with E-state index in [9.17, 15) is 4.79 Å². The van der Waals surface area contributed by atoms with Gasteiger partial charge in [0.15, 0.2) is 0 Å². The summed E-state index contributed by atoms with van der Waals surface area (Å²) in [5.74, 6) is 0.736. The maximum Gasteiger partial charge on any atom is 0.328 e. The molecule has 1 N–H and O–H groups in total. The molecule has 132 valence electrons. The van der Waals surface area contributed by atoms with E-state index in [0.717, 1.165) is 39.3 Å². The first kappa shape index (κ1) is 18.6. The van der Waals surface area contributed by atoms with Crippen LogP contribution < -0.4 is 9.47 Å². The minimum atomic E-state index is -0.941. The number of carboxylic acid groups (broad SMARTS) is 1. The lowest BCUT2D eigenvalue weighted by molar-refractivity contribution is -0.131. The SMILES string of the molecule is COc1cc2c(c(C)c1C)C=C(/C(C)=C/C=C/C(C)=C/C(=O)O)CO2. The van der Waals surface area contributed by atoms with Crippen LogP contribution in [0.2, 0.25) is 0 Å². The van der Waals surface area contributed by atoms with Gasteiger partial charge in [-0.3, -0.25) is 0 Å². The average molecular weight is 340 g/mol. The molecule has 1 aromatic carbocycles. The van der Waals surface area contributed by atoms with Gasteiger partial charge in [0, 0.05) is 17.7 Å². The highest BCUT2D eigenvalue weighted by Crippen LogP contribution is 2.37. The van der Waals surface area contributed by atoms with Crippen LogP contribution in [0.4, 0.5) is 0 Å².